The predicted molar refractivity (Wildman–Crippen MR) is 56.0 cm³/mol. The third-order valence-corrected chi connectivity index (χ3v) is 2.27. The van der Waals surface area contributed by atoms with Crippen LogP contribution >= 0.6 is 0 Å². The molecular weight excluding hydrogens is 194 g/mol. The van der Waals surface area contributed by atoms with Crippen LogP contribution in [-0.4, -0.2) is 11.6 Å². The Balaban J connectivity index is 3.51. The van der Waals surface area contributed by atoms with Crippen LogP contribution in [0.15, 0.2) is 12.1 Å². The Labute approximate surface area is 88.0 Å². The van der Waals surface area contributed by atoms with E-state index >= 15 is 0 Å². The van der Waals surface area contributed by atoms with Crippen LogP contribution in [0.4, 0.5) is 0 Å². The first-order valence-electron chi connectivity index (χ1n) is 4.51. The lowest BCUT2D eigenvalue weighted by atomic mass is 9.96. The standard InChI is InChI=1S/C11H13NO3/c1-6-10(15-12)5-4-9(7(2)13)11(6)8(3)14/h4-5H,12H2,1-3H3. The summed E-state index contributed by atoms with van der Waals surface area (Å²) in [7, 11) is 0. The molecule has 0 amide bonds. The van der Waals surface area contributed by atoms with Crippen LogP contribution in [0.5, 0.6) is 5.75 Å². The van der Waals surface area contributed by atoms with Gasteiger partial charge in [0, 0.05) is 16.7 Å². The molecular formula is C11H13NO3. The second-order valence-corrected chi connectivity index (χ2v) is 3.34. The van der Waals surface area contributed by atoms with Crippen LogP contribution in [-0.2, 0) is 0 Å². The number of benzene rings is 1. The fourth-order valence-electron chi connectivity index (χ4n) is 1.57. The molecule has 0 aliphatic rings. The molecule has 4 heteroatoms. The van der Waals surface area contributed by atoms with Crippen molar-refractivity contribution in [2.24, 2.45) is 5.90 Å². The maximum absolute atomic E-state index is 11.4. The lowest BCUT2D eigenvalue weighted by Gasteiger charge is -2.10. The van der Waals surface area contributed by atoms with Crippen molar-refractivity contribution >= 4 is 11.6 Å². The van der Waals surface area contributed by atoms with Gasteiger partial charge in [-0.05, 0) is 32.9 Å². The van der Waals surface area contributed by atoms with Crippen LogP contribution in [0.1, 0.15) is 40.1 Å². The van der Waals surface area contributed by atoms with Gasteiger partial charge >= 0.3 is 0 Å². The van der Waals surface area contributed by atoms with Crippen molar-refractivity contribution in [1.82, 2.24) is 0 Å². The van der Waals surface area contributed by atoms with E-state index < -0.39 is 0 Å². The third kappa shape index (κ3) is 2.05. The highest BCUT2D eigenvalue weighted by molar-refractivity contribution is 6.08. The molecule has 0 radical (unpaired) electrons. The predicted octanol–water partition coefficient (Wildman–Crippen LogP) is 1.65. The lowest BCUT2D eigenvalue weighted by Crippen LogP contribution is -2.10. The van der Waals surface area contributed by atoms with Gasteiger partial charge in [-0.2, -0.15) is 5.90 Å². The SMILES string of the molecule is CC(=O)c1ccc(ON)c(C)c1C(C)=O. The van der Waals surface area contributed by atoms with Crippen molar-refractivity contribution in [3.05, 3.63) is 28.8 Å². The summed E-state index contributed by atoms with van der Waals surface area (Å²) in [5.74, 6) is 5.14. The first-order chi connectivity index (χ1) is 6.99. The average Bonchev–Trinajstić information content (AvgIpc) is 2.16. The van der Waals surface area contributed by atoms with Crippen LogP contribution < -0.4 is 10.7 Å². The molecule has 1 rings (SSSR count). The Morgan fingerprint density at radius 3 is 2.20 bits per heavy atom. The molecule has 1 aromatic carbocycles. The minimum atomic E-state index is -0.170. The molecule has 0 spiro atoms. The van der Waals surface area contributed by atoms with Crippen molar-refractivity contribution < 1.29 is 14.4 Å². The van der Waals surface area contributed by atoms with Crippen molar-refractivity contribution in [2.75, 3.05) is 0 Å². The number of hydrogen-bond donors (Lipinski definition) is 1. The van der Waals surface area contributed by atoms with E-state index in [1.165, 1.54) is 13.8 Å². The van der Waals surface area contributed by atoms with E-state index in [0.29, 0.717) is 22.4 Å². The Morgan fingerprint density at radius 1 is 1.20 bits per heavy atom. The molecule has 0 aliphatic heterocycles. The zero-order chi connectivity index (χ0) is 11.6. The quantitative estimate of drug-likeness (QED) is 0.604. The lowest BCUT2D eigenvalue weighted by molar-refractivity contribution is 0.0980. The zero-order valence-electron chi connectivity index (χ0n) is 8.96. The van der Waals surface area contributed by atoms with E-state index in [0.717, 1.165) is 0 Å². The monoisotopic (exact) mass is 207 g/mol. The first-order valence-corrected chi connectivity index (χ1v) is 4.51. The summed E-state index contributed by atoms with van der Waals surface area (Å²) in [6, 6.07) is 3.13. The maximum atomic E-state index is 11.4. The molecule has 15 heavy (non-hydrogen) atoms. The highest BCUT2D eigenvalue weighted by atomic mass is 16.6. The number of nitrogens with two attached hydrogens (primary N) is 1. The van der Waals surface area contributed by atoms with E-state index in [2.05, 4.69) is 4.84 Å². The van der Waals surface area contributed by atoms with Gasteiger partial charge in [0.1, 0.15) is 0 Å². The molecule has 2 N–H and O–H groups in total. The number of ketones is 2. The van der Waals surface area contributed by atoms with Gasteiger partial charge in [0.2, 0.25) is 0 Å². The highest BCUT2D eigenvalue weighted by Crippen LogP contribution is 2.24. The second kappa shape index (κ2) is 4.23. The Bertz CT molecular complexity index is 424. The number of carbonyl (C=O) groups excluding carboxylic acids is 2. The van der Waals surface area contributed by atoms with Crippen molar-refractivity contribution in [1.29, 1.82) is 0 Å². The summed E-state index contributed by atoms with van der Waals surface area (Å²) in [5.41, 5.74) is 1.38. The van der Waals surface area contributed by atoms with Crippen molar-refractivity contribution in [3.8, 4) is 5.75 Å². The van der Waals surface area contributed by atoms with Crippen LogP contribution in [0.25, 0.3) is 0 Å². The summed E-state index contributed by atoms with van der Waals surface area (Å²) >= 11 is 0. The molecule has 0 heterocycles. The highest BCUT2D eigenvalue weighted by Gasteiger charge is 2.16. The van der Waals surface area contributed by atoms with Crippen molar-refractivity contribution in [3.63, 3.8) is 0 Å². The molecule has 0 aromatic heterocycles. The van der Waals surface area contributed by atoms with Gasteiger partial charge in [0.05, 0.1) is 0 Å². The minimum Gasteiger partial charge on any atom is -0.411 e. The summed E-state index contributed by atoms with van der Waals surface area (Å²) in [6.45, 7) is 4.53. The normalized spacial score (nSPS) is 9.87. The van der Waals surface area contributed by atoms with Gasteiger partial charge in [0.15, 0.2) is 17.3 Å². The molecule has 0 fully saturated rings. The summed E-state index contributed by atoms with van der Waals surface area (Å²) in [4.78, 5) is 27.3. The smallest absolute Gasteiger partial charge is 0.160 e. The van der Waals surface area contributed by atoms with E-state index in [1.807, 2.05) is 0 Å². The fraction of sp³-hybridized carbons (Fsp3) is 0.273. The zero-order valence-corrected chi connectivity index (χ0v) is 8.96. The average molecular weight is 207 g/mol. The van der Waals surface area contributed by atoms with Crippen molar-refractivity contribution in [2.45, 2.75) is 20.8 Å². The van der Waals surface area contributed by atoms with E-state index in [9.17, 15) is 9.59 Å². The largest absolute Gasteiger partial charge is 0.411 e. The van der Waals surface area contributed by atoms with Gasteiger partial charge in [-0.1, -0.05) is 0 Å². The molecule has 1 aromatic rings. The molecule has 0 atom stereocenters. The van der Waals surface area contributed by atoms with Gasteiger partial charge in [-0.25, -0.2) is 0 Å². The number of rotatable bonds is 3. The first kappa shape index (κ1) is 11.4. The summed E-state index contributed by atoms with van der Waals surface area (Å²) in [6.07, 6.45) is 0. The molecule has 0 unspecified atom stereocenters. The number of hydrogen-bond acceptors (Lipinski definition) is 4. The van der Waals surface area contributed by atoms with Crippen LogP contribution in [0.3, 0.4) is 0 Å². The molecule has 0 aliphatic carbocycles. The van der Waals surface area contributed by atoms with Gasteiger partial charge < -0.3 is 4.84 Å². The van der Waals surface area contributed by atoms with Gasteiger partial charge in [-0.15, -0.1) is 0 Å². The molecule has 80 valence electrons. The minimum absolute atomic E-state index is 0.146. The second-order valence-electron chi connectivity index (χ2n) is 3.34. The third-order valence-electron chi connectivity index (χ3n) is 2.27. The topological polar surface area (TPSA) is 69.4 Å². The van der Waals surface area contributed by atoms with Gasteiger partial charge in [0.25, 0.3) is 0 Å². The summed E-state index contributed by atoms with van der Waals surface area (Å²) < 4.78 is 0. The van der Waals surface area contributed by atoms with Gasteiger partial charge in [-0.3, -0.25) is 9.59 Å². The Morgan fingerprint density at radius 2 is 1.80 bits per heavy atom. The van der Waals surface area contributed by atoms with E-state index in [4.69, 9.17) is 5.90 Å². The van der Waals surface area contributed by atoms with Crippen LogP contribution in [0, 0.1) is 6.92 Å². The van der Waals surface area contributed by atoms with E-state index in [-0.39, 0.29) is 11.6 Å². The fourth-order valence-corrected chi connectivity index (χ4v) is 1.57. The van der Waals surface area contributed by atoms with Crippen LogP contribution in [0.2, 0.25) is 0 Å². The Hall–Kier alpha value is -1.68. The Kier molecular flexibility index (Phi) is 3.21. The molecule has 4 nitrogen and oxygen atoms in total. The number of Topliss-reactive ketones (excluding diaryl/α,β-unsaturated/α-hetero) is 2. The molecule has 0 saturated carbocycles. The maximum Gasteiger partial charge on any atom is 0.160 e. The molecule has 0 bridgehead atoms. The van der Waals surface area contributed by atoms with E-state index in [1.54, 1.807) is 19.1 Å². The molecule has 0 saturated heterocycles. The number of carbonyl (C=O) groups is 2. The summed E-state index contributed by atoms with van der Waals surface area (Å²) in [5, 5.41) is 0.